The number of hydrogen-bond acceptors (Lipinski definition) is 2. The monoisotopic (exact) mass is 235 g/mol. The third kappa shape index (κ3) is 4.73. The highest BCUT2D eigenvalue weighted by Crippen LogP contribution is 2.10. The van der Waals surface area contributed by atoms with Crippen LogP contribution in [0.4, 0.5) is 0 Å². The van der Waals surface area contributed by atoms with Crippen LogP contribution in [0.2, 0.25) is 0 Å². The zero-order chi connectivity index (χ0) is 12.7. The molecule has 96 valence electrons. The first-order valence-electron chi connectivity index (χ1n) is 6.60. The molecular formula is C14H25N3. The molecule has 0 aliphatic rings. The molecule has 0 aromatic carbocycles. The van der Waals surface area contributed by atoms with Crippen molar-refractivity contribution in [1.82, 2.24) is 14.9 Å². The molecule has 1 rings (SSSR count). The van der Waals surface area contributed by atoms with Gasteiger partial charge in [0.15, 0.2) is 0 Å². The van der Waals surface area contributed by atoms with Gasteiger partial charge in [0, 0.05) is 19.1 Å². The maximum Gasteiger partial charge on any atom is 0.0950 e. The molecule has 1 heterocycles. The van der Waals surface area contributed by atoms with E-state index in [1.807, 2.05) is 12.5 Å². The predicted molar refractivity (Wildman–Crippen MR) is 73.9 cm³/mol. The summed E-state index contributed by atoms with van der Waals surface area (Å²) in [6, 6.07) is 0.533. The molecule has 0 aliphatic carbocycles. The SMILES string of the molecule is CCCn1cncc1C=C(CC)CNC(C)C. The first-order chi connectivity index (χ1) is 8.17. The van der Waals surface area contributed by atoms with Gasteiger partial charge in [-0.3, -0.25) is 0 Å². The van der Waals surface area contributed by atoms with Crippen LogP contribution < -0.4 is 5.32 Å². The van der Waals surface area contributed by atoms with E-state index in [2.05, 4.69) is 48.6 Å². The summed E-state index contributed by atoms with van der Waals surface area (Å²) in [5.41, 5.74) is 2.64. The highest BCUT2D eigenvalue weighted by Gasteiger charge is 2.01. The molecule has 1 aromatic rings. The van der Waals surface area contributed by atoms with Crippen LogP contribution in [-0.2, 0) is 6.54 Å². The number of nitrogens with zero attached hydrogens (tertiary/aromatic N) is 2. The topological polar surface area (TPSA) is 29.9 Å². The van der Waals surface area contributed by atoms with Gasteiger partial charge in [-0.1, -0.05) is 33.3 Å². The molecule has 3 nitrogen and oxygen atoms in total. The Morgan fingerprint density at radius 3 is 2.82 bits per heavy atom. The molecule has 1 N–H and O–H groups in total. The second-order valence-electron chi connectivity index (χ2n) is 4.70. The van der Waals surface area contributed by atoms with Crippen LogP contribution in [0.1, 0.15) is 46.2 Å². The Balaban J connectivity index is 2.71. The lowest BCUT2D eigenvalue weighted by Gasteiger charge is -2.11. The molecule has 1 aromatic heterocycles. The maximum absolute atomic E-state index is 4.22. The molecule has 17 heavy (non-hydrogen) atoms. The number of hydrogen-bond donors (Lipinski definition) is 1. The van der Waals surface area contributed by atoms with Gasteiger partial charge >= 0.3 is 0 Å². The summed E-state index contributed by atoms with van der Waals surface area (Å²) in [4.78, 5) is 4.22. The highest BCUT2D eigenvalue weighted by atomic mass is 15.0. The minimum Gasteiger partial charge on any atom is -0.331 e. The molecule has 0 spiro atoms. The smallest absolute Gasteiger partial charge is 0.0950 e. The fourth-order valence-corrected chi connectivity index (χ4v) is 1.70. The van der Waals surface area contributed by atoms with Gasteiger partial charge in [0.1, 0.15) is 0 Å². The van der Waals surface area contributed by atoms with E-state index in [1.165, 1.54) is 11.3 Å². The van der Waals surface area contributed by atoms with Crippen molar-refractivity contribution in [3.8, 4) is 0 Å². The van der Waals surface area contributed by atoms with E-state index in [-0.39, 0.29) is 0 Å². The highest BCUT2D eigenvalue weighted by molar-refractivity contribution is 5.49. The van der Waals surface area contributed by atoms with Gasteiger partial charge in [-0.15, -0.1) is 0 Å². The minimum absolute atomic E-state index is 0.533. The summed E-state index contributed by atoms with van der Waals surface area (Å²) in [6.07, 6.45) is 8.34. The van der Waals surface area contributed by atoms with Gasteiger partial charge in [0.2, 0.25) is 0 Å². The van der Waals surface area contributed by atoms with E-state index in [0.29, 0.717) is 6.04 Å². The molecule has 0 amide bonds. The Bertz CT molecular complexity index is 350. The van der Waals surface area contributed by atoms with E-state index in [0.717, 1.165) is 25.9 Å². The Morgan fingerprint density at radius 2 is 2.24 bits per heavy atom. The third-order valence-electron chi connectivity index (χ3n) is 2.75. The van der Waals surface area contributed by atoms with Crippen molar-refractivity contribution in [3.63, 3.8) is 0 Å². The molecule has 0 radical (unpaired) electrons. The molecule has 3 heteroatoms. The van der Waals surface area contributed by atoms with Gasteiger partial charge in [-0.25, -0.2) is 4.98 Å². The lowest BCUT2D eigenvalue weighted by atomic mass is 10.1. The quantitative estimate of drug-likeness (QED) is 0.787. The molecule has 0 atom stereocenters. The Labute approximate surface area is 105 Å². The average Bonchev–Trinajstić information content (AvgIpc) is 2.72. The summed E-state index contributed by atoms with van der Waals surface area (Å²) in [5, 5.41) is 3.46. The molecule has 0 saturated heterocycles. The third-order valence-corrected chi connectivity index (χ3v) is 2.75. The number of aromatic nitrogens is 2. The zero-order valence-electron chi connectivity index (χ0n) is 11.5. The molecule has 0 unspecified atom stereocenters. The summed E-state index contributed by atoms with van der Waals surface area (Å²) in [7, 11) is 0. The number of rotatable bonds is 7. The first kappa shape index (κ1) is 14.0. The van der Waals surface area contributed by atoms with Crippen LogP contribution in [0.25, 0.3) is 6.08 Å². The summed E-state index contributed by atoms with van der Waals surface area (Å²) in [6.45, 7) is 10.7. The summed E-state index contributed by atoms with van der Waals surface area (Å²) in [5.74, 6) is 0. The van der Waals surface area contributed by atoms with Crippen LogP contribution in [0, 0.1) is 0 Å². The lowest BCUT2D eigenvalue weighted by Crippen LogP contribution is -2.24. The minimum atomic E-state index is 0.533. The summed E-state index contributed by atoms with van der Waals surface area (Å²) >= 11 is 0. The van der Waals surface area contributed by atoms with Crippen molar-refractivity contribution in [2.75, 3.05) is 6.54 Å². The van der Waals surface area contributed by atoms with Crippen LogP contribution in [0.3, 0.4) is 0 Å². The average molecular weight is 235 g/mol. The fourth-order valence-electron chi connectivity index (χ4n) is 1.70. The molecule has 0 bridgehead atoms. The van der Waals surface area contributed by atoms with Gasteiger partial charge in [0.05, 0.1) is 18.2 Å². The Morgan fingerprint density at radius 1 is 1.47 bits per heavy atom. The molecule has 0 fully saturated rings. The van der Waals surface area contributed by atoms with E-state index < -0.39 is 0 Å². The van der Waals surface area contributed by atoms with Crippen LogP contribution >= 0.6 is 0 Å². The van der Waals surface area contributed by atoms with Crippen LogP contribution in [-0.4, -0.2) is 22.1 Å². The zero-order valence-corrected chi connectivity index (χ0v) is 11.5. The largest absolute Gasteiger partial charge is 0.331 e. The number of aryl methyl sites for hydroxylation is 1. The van der Waals surface area contributed by atoms with Gasteiger partial charge in [0.25, 0.3) is 0 Å². The van der Waals surface area contributed by atoms with E-state index in [1.54, 1.807) is 0 Å². The standard InChI is InChI=1S/C14H25N3/c1-5-7-17-11-15-10-14(17)8-13(6-2)9-16-12(3)4/h8,10-12,16H,5-7,9H2,1-4H3. The second-order valence-corrected chi connectivity index (χ2v) is 4.70. The van der Waals surface area contributed by atoms with Crippen molar-refractivity contribution in [2.45, 2.75) is 53.1 Å². The normalized spacial score (nSPS) is 12.4. The van der Waals surface area contributed by atoms with Crippen molar-refractivity contribution >= 4 is 6.08 Å². The predicted octanol–water partition coefficient (Wildman–Crippen LogP) is 3.08. The fraction of sp³-hybridized carbons (Fsp3) is 0.643. The van der Waals surface area contributed by atoms with E-state index in [4.69, 9.17) is 0 Å². The second kappa shape index (κ2) is 7.28. The Hall–Kier alpha value is -1.09. The van der Waals surface area contributed by atoms with Crippen molar-refractivity contribution in [1.29, 1.82) is 0 Å². The van der Waals surface area contributed by atoms with Gasteiger partial charge in [-0.05, 0) is 18.9 Å². The number of nitrogens with one attached hydrogen (secondary N) is 1. The Kier molecular flexibility index (Phi) is 5.98. The van der Waals surface area contributed by atoms with Crippen molar-refractivity contribution in [2.24, 2.45) is 0 Å². The van der Waals surface area contributed by atoms with E-state index >= 15 is 0 Å². The lowest BCUT2D eigenvalue weighted by molar-refractivity contribution is 0.616. The molecule has 0 aliphatic heterocycles. The molecule has 0 saturated carbocycles. The number of imidazole rings is 1. The van der Waals surface area contributed by atoms with Crippen molar-refractivity contribution in [3.05, 3.63) is 23.8 Å². The van der Waals surface area contributed by atoms with Crippen molar-refractivity contribution < 1.29 is 0 Å². The van der Waals surface area contributed by atoms with Crippen LogP contribution in [0.15, 0.2) is 18.1 Å². The first-order valence-corrected chi connectivity index (χ1v) is 6.60. The van der Waals surface area contributed by atoms with Gasteiger partial charge in [-0.2, -0.15) is 0 Å². The van der Waals surface area contributed by atoms with E-state index in [9.17, 15) is 0 Å². The maximum atomic E-state index is 4.22. The summed E-state index contributed by atoms with van der Waals surface area (Å²) < 4.78 is 2.21. The van der Waals surface area contributed by atoms with Crippen LogP contribution in [0.5, 0.6) is 0 Å². The molecular weight excluding hydrogens is 210 g/mol. The van der Waals surface area contributed by atoms with Gasteiger partial charge < -0.3 is 9.88 Å².